The number of alkyl halides is 3. The van der Waals surface area contributed by atoms with Gasteiger partial charge in [0.2, 0.25) is 11.6 Å². The van der Waals surface area contributed by atoms with Gasteiger partial charge >= 0.3 is 0 Å². The summed E-state index contributed by atoms with van der Waals surface area (Å²) in [6.45, 7) is 4.57. The van der Waals surface area contributed by atoms with Crippen LogP contribution in [0.15, 0.2) is 22.8 Å². The number of carbonyl (C=O) groups excluding carboxylic acids is 3. The van der Waals surface area contributed by atoms with Gasteiger partial charge in [-0.25, -0.2) is 8.78 Å². The maximum atomic E-state index is 16.9. The first-order valence-electron chi connectivity index (χ1n) is 10.0. The molecule has 0 spiro atoms. The Morgan fingerprint density at radius 3 is 2.59 bits per heavy atom. The molecule has 0 bridgehead atoms. The smallest absolute Gasteiger partial charge is 0.221 e. The van der Waals surface area contributed by atoms with Crippen LogP contribution in [0.3, 0.4) is 0 Å². The number of rotatable bonds is 2. The molecule has 4 nitrogen and oxygen atoms in total. The van der Waals surface area contributed by atoms with Gasteiger partial charge in [0.15, 0.2) is 5.78 Å². The summed E-state index contributed by atoms with van der Waals surface area (Å²) in [5.41, 5.74) is -2.84. The van der Waals surface area contributed by atoms with E-state index in [2.05, 4.69) is 0 Å². The number of carbonyl (C=O) groups is 3. The maximum absolute atomic E-state index is 16.9. The highest BCUT2D eigenvalue weighted by molar-refractivity contribution is 6.42. The topological polar surface area (TPSA) is 71.4 Å². The number of hydrogen-bond acceptors (Lipinski definition) is 4. The average molecular weight is 427 g/mol. The molecule has 4 aliphatic carbocycles. The van der Waals surface area contributed by atoms with Crippen molar-refractivity contribution in [2.45, 2.75) is 63.7 Å². The molecular weight excluding hydrogens is 402 g/mol. The summed E-state index contributed by atoms with van der Waals surface area (Å²) in [6.07, 6.45) is -0.428. The van der Waals surface area contributed by atoms with Gasteiger partial charge < -0.3 is 5.11 Å². The molecular formula is C22H25ClF2O4. The van der Waals surface area contributed by atoms with Crippen LogP contribution in [-0.4, -0.2) is 46.3 Å². The molecule has 0 saturated heterocycles. The highest BCUT2D eigenvalue weighted by atomic mass is 35.5. The van der Waals surface area contributed by atoms with Crippen LogP contribution >= 0.6 is 11.6 Å². The quantitative estimate of drug-likeness (QED) is 0.542. The minimum absolute atomic E-state index is 0.00536. The molecule has 0 heterocycles. The lowest BCUT2D eigenvalue weighted by Gasteiger charge is -2.62. The van der Waals surface area contributed by atoms with Gasteiger partial charge in [-0.15, -0.1) is 11.6 Å². The zero-order chi connectivity index (χ0) is 21.5. The summed E-state index contributed by atoms with van der Waals surface area (Å²) >= 11 is 6.53. The van der Waals surface area contributed by atoms with Crippen LogP contribution in [0.25, 0.3) is 0 Å². The van der Waals surface area contributed by atoms with Gasteiger partial charge in [-0.05, 0) is 49.2 Å². The number of fused-ring (bicyclic) bond motifs is 5. The van der Waals surface area contributed by atoms with Crippen LogP contribution in [0.2, 0.25) is 0 Å². The number of halogens is 3. The highest BCUT2D eigenvalue weighted by Crippen LogP contribution is 2.70. The molecule has 0 aromatic heterocycles. The highest BCUT2D eigenvalue weighted by Gasteiger charge is 2.72. The summed E-state index contributed by atoms with van der Waals surface area (Å²) in [7, 11) is 0. The lowest BCUT2D eigenvalue weighted by molar-refractivity contribution is -0.156. The fourth-order valence-electron chi connectivity index (χ4n) is 6.86. The van der Waals surface area contributed by atoms with Gasteiger partial charge in [0.05, 0.1) is 5.38 Å². The predicted molar refractivity (Wildman–Crippen MR) is 103 cm³/mol. The van der Waals surface area contributed by atoms with Crippen LogP contribution < -0.4 is 0 Å². The van der Waals surface area contributed by atoms with E-state index < -0.39 is 58.1 Å². The molecule has 1 N–H and O–H groups in total. The van der Waals surface area contributed by atoms with Crippen molar-refractivity contribution in [3.05, 3.63) is 22.8 Å². The summed E-state index contributed by atoms with van der Waals surface area (Å²) < 4.78 is 32.3. The van der Waals surface area contributed by atoms with Crippen molar-refractivity contribution in [2.24, 2.45) is 22.7 Å². The Labute approximate surface area is 173 Å². The molecule has 7 atom stereocenters. The molecule has 0 radical (unpaired) electrons. The van der Waals surface area contributed by atoms with Gasteiger partial charge in [0.25, 0.3) is 0 Å². The lowest BCUT2D eigenvalue weighted by atomic mass is 9.44. The molecule has 2 saturated carbocycles. The van der Waals surface area contributed by atoms with Crippen LogP contribution in [-0.2, 0) is 14.4 Å². The third-order valence-corrected chi connectivity index (χ3v) is 8.78. The van der Waals surface area contributed by atoms with Crippen molar-refractivity contribution in [3.8, 4) is 0 Å². The third kappa shape index (κ3) is 2.42. The molecule has 7 heteroatoms. The van der Waals surface area contributed by atoms with E-state index in [1.54, 1.807) is 6.92 Å². The van der Waals surface area contributed by atoms with Crippen LogP contribution in [0, 0.1) is 22.7 Å². The van der Waals surface area contributed by atoms with Gasteiger partial charge in [0.1, 0.15) is 18.4 Å². The predicted octanol–water partition coefficient (Wildman–Crippen LogP) is 3.44. The minimum Gasteiger partial charge on any atom is -0.388 e. The van der Waals surface area contributed by atoms with E-state index in [4.69, 9.17) is 11.6 Å². The Morgan fingerprint density at radius 2 is 1.97 bits per heavy atom. The molecule has 0 amide bonds. The zero-order valence-electron chi connectivity index (χ0n) is 16.7. The van der Waals surface area contributed by atoms with Crippen LogP contribution in [0.5, 0.6) is 0 Å². The summed E-state index contributed by atoms with van der Waals surface area (Å²) in [5, 5.41) is 8.22. The zero-order valence-corrected chi connectivity index (χ0v) is 17.5. The number of ketones is 3. The SMILES string of the molecule is CC1=C(C(=O)CO)[C@@]2(C)CC[C@@]3(F)[C@@H](C(Cl)C(F)C4=CC(=O)C(=O)C[C@@]43C)[C@@H]2C1. The number of Topliss-reactive ketones (excluding diaryl/α,β-unsaturated/α-hetero) is 2. The molecule has 0 aromatic rings. The first-order chi connectivity index (χ1) is 13.4. The number of aliphatic hydroxyl groups is 1. The largest absolute Gasteiger partial charge is 0.388 e. The number of allylic oxidation sites excluding steroid dienone is 3. The van der Waals surface area contributed by atoms with E-state index in [9.17, 15) is 19.5 Å². The van der Waals surface area contributed by atoms with Crippen molar-refractivity contribution >= 4 is 29.0 Å². The van der Waals surface area contributed by atoms with Gasteiger partial charge in [-0.2, -0.15) is 0 Å². The Morgan fingerprint density at radius 1 is 1.31 bits per heavy atom. The Balaban J connectivity index is 1.85. The van der Waals surface area contributed by atoms with Crippen LogP contribution in [0.1, 0.15) is 46.5 Å². The first kappa shape index (κ1) is 20.9. The fourth-order valence-corrected chi connectivity index (χ4v) is 7.37. The number of hydrogen-bond donors (Lipinski definition) is 1. The van der Waals surface area contributed by atoms with Crippen LogP contribution in [0.4, 0.5) is 8.78 Å². The normalized spacial score (nSPS) is 46.8. The van der Waals surface area contributed by atoms with Crippen molar-refractivity contribution in [1.82, 2.24) is 0 Å². The molecule has 4 aliphatic rings. The molecule has 29 heavy (non-hydrogen) atoms. The van der Waals surface area contributed by atoms with Crippen molar-refractivity contribution in [3.63, 3.8) is 0 Å². The minimum atomic E-state index is -1.97. The van der Waals surface area contributed by atoms with Crippen molar-refractivity contribution in [1.29, 1.82) is 0 Å². The summed E-state index contributed by atoms with van der Waals surface area (Å²) in [5.74, 6) is -3.24. The van der Waals surface area contributed by atoms with E-state index in [1.165, 1.54) is 6.92 Å². The maximum Gasteiger partial charge on any atom is 0.221 e. The molecule has 0 aliphatic heterocycles. The Bertz CT molecular complexity index is 895. The third-order valence-electron chi connectivity index (χ3n) is 8.28. The second-order valence-corrected chi connectivity index (χ2v) is 10.1. The average Bonchev–Trinajstić information content (AvgIpc) is 2.92. The monoisotopic (exact) mass is 426 g/mol. The lowest BCUT2D eigenvalue weighted by Crippen LogP contribution is -2.67. The number of aliphatic hydroxyl groups excluding tert-OH is 1. The Kier molecular flexibility index (Phi) is 4.53. The van der Waals surface area contributed by atoms with E-state index in [0.717, 1.165) is 11.6 Å². The van der Waals surface area contributed by atoms with Gasteiger partial charge in [0, 0.05) is 23.3 Å². The van der Waals surface area contributed by atoms with Gasteiger partial charge in [-0.3, -0.25) is 14.4 Å². The second kappa shape index (κ2) is 6.30. The van der Waals surface area contributed by atoms with Crippen molar-refractivity contribution in [2.75, 3.05) is 6.61 Å². The van der Waals surface area contributed by atoms with E-state index in [1.807, 2.05) is 6.92 Å². The fraction of sp³-hybridized carbons (Fsp3) is 0.682. The summed E-state index contributed by atoms with van der Waals surface area (Å²) in [6, 6.07) is 0. The Hall–Kier alpha value is -1.40. The molecule has 158 valence electrons. The summed E-state index contributed by atoms with van der Waals surface area (Å²) in [4.78, 5) is 36.5. The van der Waals surface area contributed by atoms with E-state index in [-0.39, 0.29) is 24.2 Å². The molecule has 2 fully saturated rings. The van der Waals surface area contributed by atoms with E-state index >= 15 is 8.78 Å². The second-order valence-electron chi connectivity index (χ2n) is 9.60. The first-order valence-corrected chi connectivity index (χ1v) is 10.5. The molecule has 0 aromatic carbocycles. The van der Waals surface area contributed by atoms with Crippen molar-refractivity contribution < 1.29 is 28.3 Å². The van der Waals surface area contributed by atoms with Gasteiger partial charge in [-0.1, -0.05) is 19.4 Å². The standard InChI is InChI=1S/C22H25ClF2O4/c1-10-6-11-17-18(23)19(24)12-7-13(27)14(28)8-21(12,3)22(17,25)5-4-20(11,2)16(10)15(29)9-26/h7,11,17-19,26H,4-6,8-9H2,1-3H3/t11-,17+,18?,19?,20-,21-,22+/m0/s1. The molecule has 2 unspecified atom stereocenters. The van der Waals surface area contributed by atoms with E-state index in [0.29, 0.717) is 18.4 Å². The molecule has 4 rings (SSSR count).